The lowest BCUT2D eigenvalue weighted by Crippen LogP contribution is -2.75. The van der Waals surface area contributed by atoms with Gasteiger partial charge in [0.2, 0.25) is 0 Å². The maximum absolute atomic E-state index is 12.9. The predicted octanol–water partition coefficient (Wildman–Crippen LogP) is 4.20. The topological polar surface area (TPSA) is 72.8 Å². The van der Waals surface area contributed by atoms with Crippen molar-refractivity contribution in [3.05, 3.63) is 0 Å². The van der Waals surface area contributed by atoms with E-state index < -0.39 is 36.0 Å². The van der Waals surface area contributed by atoms with Crippen molar-refractivity contribution in [3.8, 4) is 0 Å². The van der Waals surface area contributed by atoms with Gasteiger partial charge in [-0.3, -0.25) is 9.59 Å². The van der Waals surface area contributed by atoms with E-state index in [4.69, 9.17) is 9.47 Å². The van der Waals surface area contributed by atoms with E-state index in [1.165, 1.54) is 0 Å². The smallest absolute Gasteiger partial charge is 0.147 e. The van der Waals surface area contributed by atoms with Crippen molar-refractivity contribution in [2.75, 3.05) is 13.4 Å². The fraction of sp³-hybridized carbons (Fsp3) is 0.913. The predicted molar refractivity (Wildman–Crippen MR) is 115 cm³/mol. The number of carbonyl (C=O) groups excluding carboxylic acids is 2. The second kappa shape index (κ2) is 7.25. The summed E-state index contributed by atoms with van der Waals surface area (Å²) >= 11 is 0. The molecule has 3 fully saturated rings. The molecule has 3 rings (SSSR count). The zero-order valence-corrected chi connectivity index (χ0v) is 20.4. The van der Waals surface area contributed by atoms with E-state index in [0.717, 1.165) is 12.5 Å². The summed E-state index contributed by atoms with van der Waals surface area (Å²) in [5, 5.41) is 12.2. The van der Waals surface area contributed by atoms with Gasteiger partial charge in [-0.15, -0.1) is 0 Å². The number of aliphatic hydroxyl groups is 1. The summed E-state index contributed by atoms with van der Waals surface area (Å²) in [6.45, 7) is 15.5. The average Bonchev–Trinajstić information content (AvgIpc) is 2.90. The summed E-state index contributed by atoms with van der Waals surface area (Å²) in [4.78, 5) is 25.8. The molecule has 5 nitrogen and oxygen atoms in total. The molecule has 1 N–H and O–H groups in total. The Morgan fingerprint density at radius 2 is 1.72 bits per heavy atom. The van der Waals surface area contributed by atoms with Gasteiger partial charge in [-0.2, -0.15) is 0 Å². The molecule has 0 unspecified atom stereocenters. The number of carbonyl (C=O) groups is 2. The fourth-order valence-electron chi connectivity index (χ4n) is 6.64. The van der Waals surface area contributed by atoms with Crippen molar-refractivity contribution in [1.29, 1.82) is 0 Å². The Labute approximate surface area is 176 Å². The third-order valence-electron chi connectivity index (χ3n) is 8.65. The monoisotopic (exact) mass is 424 g/mol. The van der Waals surface area contributed by atoms with Gasteiger partial charge in [0.15, 0.2) is 0 Å². The van der Waals surface area contributed by atoms with Crippen LogP contribution in [0.4, 0.5) is 0 Å². The third kappa shape index (κ3) is 3.38. The lowest BCUT2D eigenvalue weighted by atomic mass is 9.40. The summed E-state index contributed by atoms with van der Waals surface area (Å²) in [6, 6.07) is 1.05. The Morgan fingerprint density at radius 3 is 2.34 bits per heavy atom. The molecule has 0 aromatic rings. The molecule has 3 aliphatic carbocycles. The molecule has 0 heterocycles. The van der Waals surface area contributed by atoms with Gasteiger partial charge in [-0.25, -0.2) is 0 Å². The van der Waals surface area contributed by atoms with Gasteiger partial charge in [0.05, 0.1) is 11.5 Å². The Hall–Kier alpha value is -0.563. The van der Waals surface area contributed by atoms with Crippen molar-refractivity contribution in [2.45, 2.75) is 97.2 Å². The van der Waals surface area contributed by atoms with Crippen LogP contribution in [0.1, 0.15) is 59.8 Å². The van der Waals surface area contributed by atoms with Gasteiger partial charge in [0.25, 0.3) is 0 Å². The van der Waals surface area contributed by atoms with Crippen molar-refractivity contribution >= 4 is 19.6 Å². The molecule has 29 heavy (non-hydrogen) atoms. The second-order valence-electron chi connectivity index (χ2n) is 11.9. The Kier molecular flexibility index (Phi) is 5.78. The molecule has 0 radical (unpaired) electrons. The summed E-state index contributed by atoms with van der Waals surface area (Å²) in [6.07, 6.45) is 2.26. The van der Waals surface area contributed by atoms with Crippen LogP contribution in [0.2, 0.25) is 25.7 Å². The summed E-state index contributed by atoms with van der Waals surface area (Å²) < 4.78 is 11.9. The lowest BCUT2D eigenvalue weighted by molar-refractivity contribution is -0.298. The van der Waals surface area contributed by atoms with Crippen molar-refractivity contribution < 1.29 is 24.2 Å². The minimum atomic E-state index is -1.31. The molecule has 5 atom stereocenters. The standard InChI is InChI=1S/C23H40O5Si/c1-20(2)17(24)10-11-22(4)16-8-9-18(25)21(16,3)14-19(23(20,22)26)28-15-27-12-13-29(5,6)7/h16,19,26H,8-15H2,1-7H3/t16-,19-,21-,22+,23+/m0/s1. The molecule has 0 spiro atoms. The summed E-state index contributed by atoms with van der Waals surface area (Å²) in [5.74, 6) is 0.430. The van der Waals surface area contributed by atoms with Crippen LogP contribution < -0.4 is 0 Å². The van der Waals surface area contributed by atoms with E-state index in [-0.39, 0.29) is 24.3 Å². The van der Waals surface area contributed by atoms with Gasteiger partial charge in [0.1, 0.15) is 24.0 Å². The van der Waals surface area contributed by atoms with Crippen LogP contribution in [-0.4, -0.2) is 49.9 Å². The fourth-order valence-corrected chi connectivity index (χ4v) is 7.40. The lowest BCUT2D eigenvalue weighted by Gasteiger charge is -2.66. The normalized spacial score (nSPS) is 41.9. The maximum Gasteiger partial charge on any atom is 0.147 e. The summed E-state index contributed by atoms with van der Waals surface area (Å²) in [5.41, 5.74) is -3.27. The molecule has 0 bridgehead atoms. The molecule has 0 aliphatic heterocycles. The Bertz CT molecular complexity index is 683. The number of hydrogen-bond acceptors (Lipinski definition) is 5. The minimum Gasteiger partial charge on any atom is -0.386 e. The first-order valence-corrected chi connectivity index (χ1v) is 14.9. The van der Waals surface area contributed by atoms with Crippen LogP contribution in [0, 0.1) is 22.2 Å². The Morgan fingerprint density at radius 1 is 1.07 bits per heavy atom. The number of fused-ring (bicyclic) bond motifs is 3. The van der Waals surface area contributed by atoms with Crippen LogP contribution in [0.3, 0.4) is 0 Å². The van der Waals surface area contributed by atoms with Crippen LogP contribution >= 0.6 is 0 Å². The molecular formula is C23H40O5Si. The minimum absolute atomic E-state index is 0.0764. The molecule has 0 aromatic carbocycles. The van der Waals surface area contributed by atoms with Crippen LogP contribution in [-0.2, 0) is 19.1 Å². The molecule has 0 aromatic heterocycles. The van der Waals surface area contributed by atoms with Crippen molar-refractivity contribution in [3.63, 3.8) is 0 Å². The van der Waals surface area contributed by atoms with E-state index in [1.54, 1.807) is 0 Å². The van der Waals surface area contributed by atoms with E-state index in [1.807, 2.05) is 20.8 Å². The molecule has 3 aliphatic rings. The van der Waals surface area contributed by atoms with Crippen molar-refractivity contribution in [1.82, 2.24) is 0 Å². The van der Waals surface area contributed by atoms with Gasteiger partial charge >= 0.3 is 0 Å². The van der Waals surface area contributed by atoms with Crippen LogP contribution in [0.25, 0.3) is 0 Å². The largest absolute Gasteiger partial charge is 0.386 e. The number of hydrogen-bond donors (Lipinski definition) is 1. The highest BCUT2D eigenvalue weighted by atomic mass is 28.3. The average molecular weight is 425 g/mol. The third-order valence-corrected chi connectivity index (χ3v) is 10.4. The van der Waals surface area contributed by atoms with Crippen LogP contribution in [0.5, 0.6) is 0 Å². The number of Topliss-reactive ketones (excluding diaryl/α,β-unsaturated/α-hetero) is 2. The van der Waals surface area contributed by atoms with E-state index in [0.29, 0.717) is 32.3 Å². The molecule has 166 valence electrons. The van der Waals surface area contributed by atoms with Crippen molar-refractivity contribution in [2.24, 2.45) is 22.2 Å². The number of rotatable bonds is 6. The van der Waals surface area contributed by atoms with Gasteiger partial charge in [0, 0.05) is 38.4 Å². The first-order chi connectivity index (χ1) is 13.2. The van der Waals surface area contributed by atoms with E-state index >= 15 is 0 Å². The molecule has 0 saturated heterocycles. The van der Waals surface area contributed by atoms with Gasteiger partial charge in [-0.1, -0.05) is 47.3 Å². The first-order valence-electron chi connectivity index (χ1n) is 11.2. The first kappa shape index (κ1) is 23.1. The van der Waals surface area contributed by atoms with E-state index in [2.05, 4.69) is 26.6 Å². The molecule has 6 heteroatoms. The maximum atomic E-state index is 12.9. The second-order valence-corrected chi connectivity index (χ2v) is 17.5. The van der Waals surface area contributed by atoms with E-state index in [9.17, 15) is 14.7 Å². The number of ether oxygens (including phenoxy) is 2. The molecule has 3 saturated carbocycles. The highest BCUT2D eigenvalue weighted by Gasteiger charge is 2.74. The highest BCUT2D eigenvalue weighted by Crippen LogP contribution is 2.69. The molecule has 0 amide bonds. The van der Waals surface area contributed by atoms with Crippen LogP contribution in [0.15, 0.2) is 0 Å². The zero-order chi connectivity index (χ0) is 21.9. The van der Waals surface area contributed by atoms with Gasteiger partial charge in [-0.05, 0) is 31.2 Å². The number of ketones is 2. The SMILES string of the molecule is CC1(C)C(=O)CC[C@]2(C)[C@H]3CCC(=O)[C@@]3(C)C[C@H](OCOCC[Si](C)(C)C)[C@@]12O. The molecular weight excluding hydrogens is 384 g/mol. The quantitative estimate of drug-likeness (QED) is 0.393. The highest BCUT2D eigenvalue weighted by molar-refractivity contribution is 6.76. The Balaban J connectivity index is 1.89. The summed E-state index contributed by atoms with van der Waals surface area (Å²) in [7, 11) is -1.19. The zero-order valence-electron chi connectivity index (χ0n) is 19.4. The van der Waals surface area contributed by atoms with Gasteiger partial charge < -0.3 is 14.6 Å².